The molecule has 0 aliphatic heterocycles. The van der Waals surface area contributed by atoms with Gasteiger partial charge in [0.15, 0.2) is 0 Å². The third-order valence-corrected chi connectivity index (χ3v) is 7.94. The largest absolute Gasteiger partial charge is 0.497 e. The van der Waals surface area contributed by atoms with E-state index >= 15 is 0 Å². The predicted octanol–water partition coefficient (Wildman–Crippen LogP) is 6.03. The van der Waals surface area contributed by atoms with Crippen LogP contribution < -0.4 is 14.8 Å². The van der Waals surface area contributed by atoms with E-state index in [0.29, 0.717) is 22.7 Å². The number of thiazole rings is 1. The fourth-order valence-electron chi connectivity index (χ4n) is 3.55. The molecule has 180 valence electrons. The zero-order chi connectivity index (χ0) is 25.1. The molecule has 0 atom stereocenters. The molecular weight excluding hydrogens is 494 g/mol. The monoisotopic (exact) mass is 515 g/mol. The first-order valence-corrected chi connectivity index (χ1v) is 13.3. The Hall–Kier alpha value is -4.21. The summed E-state index contributed by atoms with van der Waals surface area (Å²) in [4.78, 5) is 17.5. The number of benzene rings is 4. The minimum Gasteiger partial charge on any atom is -0.497 e. The highest BCUT2D eigenvalue weighted by Gasteiger charge is 2.15. The van der Waals surface area contributed by atoms with Crippen molar-refractivity contribution in [3.8, 4) is 16.3 Å². The first kappa shape index (κ1) is 23.5. The van der Waals surface area contributed by atoms with Crippen molar-refractivity contribution in [2.45, 2.75) is 4.90 Å². The lowest BCUT2D eigenvalue weighted by molar-refractivity contribution is 0.102. The molecule has 7 nitrogen and oxygen atoms in total. The van der Waals surface area contributed by atoms with Crippen LogP contribution >= 0.6 is 11.3 Å². The van der Waals surface area contributed by atoms with E-state index in [0.717, 1.165) is 20.8 Å². The van der Waals surface area contributed by atoms with Crippen LogP contribution in [0.5, 0.6) is 5.75 Å². The fraction of sp³-hybridized carbons (Fsp3) is 0.0370. The summed E-state index contributed by atoms with van der Waals surface area (Å²) < 4.78 is 33.9. The molecule has 0 fully saturated rings. The fourth-order valence-corrected chi connectivity index (χ4v) is 5.58. The number of aromatic nitrogens is 1. The maximum atomic E-state index is 12.7. The zero-order valence-corrected chi connectivity index (χ0v) is 20.8. The van der Waals surface area contributed by atoms with Gasteiger partial charge in [0.1, 0.15) is 10.8 Å². The number of carbonyl (C=O) groups excluding carboxylic acids is 1. The molecule has 5 aromatic rings. The Morgan fingerprint density at radius 3 is 2.17 bits per heavy atom. The third kappa shape index (κ3) is 5.07. The van der Waals surface area contributed by atoms with Crippen LogP contribution in [-0.2, 0) is 10.0 Å². The number of ether oxygens (including phenoxy) is 1. The molecule has 0 bridgehead atoms. The molecule has 1 amide bonds. The van der Waals surface area contributed by atoms with Gasteiger partial charge < -0.3 is 10.1 Å². The molecular formula is C27H21N3O4S2. The van der Waals surface area contributed by atoms with Gasteiger partial charge in [0.25, 0.3) is 15.9 Å². The molecule has 1 aromatic heterocycles. The number of anilines is 2. The Bertz CT molecular complexity index is 1590. The van der Waals surface area contributed by atoms with Crippen LogP contribution in [0.1, 0.15) is 10.4 Å². The molecule has 1 heterocycles. The van der Waals surface area contributed by atoms with E-state index in [2.05, 4.69) is 15.0 Å². The van der Waals surface area contributed by atoms with E-state index in [1.54, 1.807) is 47.7 Å². The van der Waals surface area contributed by atoms with Crippen LogP contribution in [0.15, 0.2) is 102 Å². The van der Waals surface area contributed by atoms with Crippen molar-refractivity contribution in [1.29, 1.82) is 0 Å². The first-order valence-electron chi connectivity index (χ1n) is 11.0. The van der Waals surface area contributed by atoms with Gasteiger partial charge >= 0.3 is 0 Å². The maximum absolute atomic E-state index is 12.7. The standard InChI is InChI=1S/C27H21N3O4S2/c1-34-22-14-16-23(17-15-22)36(32,33)30-21-12-6-18(7-13-21)26(31)28-20-10-8-19(9-11-20)27-29-24-4-2-3-5-25(24)35-27/h2-17,30H,1H3,(H,28,31). The number of para-hydroxylation sites is 1. The predicted molar refractivity (Wildman–Crippen MR) is 143 cm³/mol. The number of carbonyl (C=O) groups is 1. The first-order chi connectivity index (χ1) is 17.4. The molecule has 0 radical (unpaired) electrons. The summed E-state index contributed by atoms with van der Waals surface area (Å²) in [6, 6.07) is 27.8. The number of hydrogen-bond acceptors (Lipinski definition) is 6. The van der Waals surface area contributed by atoms with Crippen LogP contribution in [0.4, 0.5) is 11.4 Å². The van der Waals surface area contributed by atoms with Crippen molar-refractivity contribution < 1.29 is 17.9 Å². The molecule has 0 aliphatic carbocycles. The third-order valence-electron chi connectivity index (χ3n) is 5.45. The Morgan fingerprint density at radius 2 is 1.50 bits per heavy atom. The Morgan fingerprint density at radius 1 is 0.833 bits per heavy atom. The number of amides is 1. The van der Waals surface area contributed by atoms with Crippen LogP contribution in [0, 0.1) is 0 Å². The van der Waals surface area contributed by atoms with Crippen LogP contribution in [-0.4, -0.2) is 26.4 Å². The topological polar surface area (TPSA) is 97.4 Å². The molecule has 0 unspecified atom stereocenters. The van der Waals surface area contributed by atoms with E-state index in [-0.39, 0.29) is 10.8 Å². The van der Waals surface area contributed by atoms with Crippen LogP contribution in [0.2, 0.25) is 0 Å². The molecule has 5 rings (SSSR count). The van der Waals surface area contributed by atoms with Gasteiger partial charge in [-0.2, -0.15) is 0 Å². The van der Waals surface area contributed by atoms with Crippen molar-refractivity contribution >= 4 is 48.9 Å². The van der Waals surface area contributed by atoms with Gasteiger partial charge in [0.2, 0.25) is 0 Å². The summed E-state index contributed by atoms with van der Waals surface area (Å²) in [5, 5.41) is 3.78. The Balaban J connectivity index is 1.24. The van der Waals surface area contributed by atoms with Crippen LogP contribution in [0.25, 0.3) is 20.8 Å². The second-order valence-electron chi connectivity index (χ2n) is 7.88. The van der Waals surface area contributed by atoms with Gasteiger partial charge in [-0.3, -0.25) is 9.52 Å². The summed E-state index contributed by atoms with van der Waals surface area (Å²) in [7, 11) is -2.25. The van der Waals surface area contributed by atoms with Gasteiger partial charge in [-0.1, -0.05) is 12.1 Å². The van der Waals surface area contributed by atoms with E-state index < -0.39 is 10.0 Å². The van der Waals surface area contributed by atoms with Crippen molar-refractivity contribution in [3.63, 3.8) is 0 Å². The smallest absolute Gasteiger partial charge is 0.261 e. The number of hydrogen-bond donors (Lipinski definition) is 2. The number of methoxy groups -OCH3 is 1. The lowest BCUT2D eigenvalue weighted by atomic mass is 10.1. The normalized spacial score (nSPS) is 11.2. The molecule has 0 saturated carbocycles. The second kappa shape index (κ2) is 9.80. The van der Waals surface area contributed by atoms with Crippen molar-refractivity contribution in [2.75, 3.05) is 17.1 Å². The number of nitrogens with one attached hydrogen (secondary N) is 2. The maximum Gasteiger partial charge on any atom is 0.261 e. The molecule has 0 saturated heterocycles. The molecule has 2 N–H and O–H groups in total. The molecule has 36 heavy (non-hydrogen) atoms. The summed E-state index contributed by atoms with van der Waals surface area (Å²) in [5.74, 6) is 0.267. The van der Waals surface area contributed by atoms with Crippen LogP contribution in [0.3, 0.4) is 0 Å². The summed E-state index contributed by atoms with van der Waals surface area (Å²) in [6.07, 6.45) is 0. The summed E-state index contributed by atoms with van der Waals surface area (Å²) in [6.45, 7) is 0. The quantitative estimate of drug-likeness (QED) is 0.276. The average Bonchev–Trinajstić information content (AvgIpc) is 3.34. The van der Waals surface area contributed by atoms with E-state index in [1.165, 1.54) is 19.2 Å². The number of fused-ring (bicyclic) bond motifs is 1. The van der Waals surface area contributed by atoms with Gasteiger partial charge in [0.05, 0.1) is 22.2 Å². The van der Waals surface area contributed by atoms with Crippen molar-refractivity contribution in [1.82, 2.24) is 4.98 Å². The van der Waals surface area contributed by atoms with Crippen molar-refractivity contribution in [2.24, 2.45) is 0 Å². The highest BCUT2D eigenvalue weighted by molar-refractivity contribution is 7.92. The minimum atomic E-state index is -3.77. The molecule has 0 aliphatic rings. The highest BCUT2D eigenvalue weighted by Crippen LogP contribution is 2.30. The summed E-state index contributed by atoms with van der Waals surface area (Å²) in [5.41, 5.74) is 3.33. The van der Waals surface area contributed by atoms with Gasteiger partial charge in [-0.05, 0) is 84.9 Å². The van der Waals surface area contributed by atoms with E-state index in [4.69, 9.17) is 4.74 Å². The minimum absolute atomic E-state index is 0.111. The lowest BCUT2D eigenvalue weighted by Gasteiger charge is -2.10. The SMILES string of the molecule is COc1ccc(S(=O)(=O)Nc2ccc(C(=O)Nc3ccc(-c4nc5ccccc5s4)cc3)cc2)cc1. The highest BCUT2D eigenvalue weighted by atomic mass is 32.2. The summed E-state index contributed by atoms with van der Waals surface area (Å²) >= 11 is 1.62. The molecule has 0 spiro atoms. The Labute approximate surface area is 212 Å². The second-order valence-corrected chi connectivity index (χ2v) is 10.6. The molecule has 4 aromatic carbocycles. The van der Waals surface area contributed by atoms with Gasteiger partial charge in [-0.25, -0.2) is 13.4 Å². The van der Waals surface area contributed by atoms with E-state index in [1.807, 2.05) is 48.5 Å². The van der Waals surface area contributed by atoms with Gasteiger partial charge in [-0.15, -0.1) is 11.3 Å². The zero-order valence-electron chi connectivity index (χ0n) is 19.1. The Kier molecular flexibility index (Phi) is 6.41. The van der Waals surface area contributed by atoms with Gasteiger partial charge in [0, 0.05) is 22.5 Å². The lowest BCUT2D eigenvalue weighted by Crippen LogP contribution is -2.14. The molecule has 9 heteroatoms. The number of sulfonamides is 1. The number of nitrogens with zero attached hydrogens (tertiary/aromatic N) is 1. The van der Waals surface area contributed by atoms with Crippen molar-refractivity contribution in [3.05, 3.63) is 103 Å². The number of rotatable bonds is 7. The van der Waals surface area contributed by atoms with E-state index in [9.17, 15) is 13.2 Å². The average molecular weight is 516 g/mol.